The van der Waals surface area contributed by atoms with Crippen molar-refractivity contribution in [3.05, 3.63) is 41.6 Å². The van der Waals surface area contributed by atoms with Gasteiger partial charge in [0.15, 0.2) is 5.76 Å². The van der Waals surface area contributed by atoms with E-state index in [0.29, 0.717) is 0 Å². The zero-order valence-corrected chi connectivity index (χ0v) is 20.0. The fourth-order valence-corrected chi connectivity index (χ4v) is 3.86. The van der Waals surface area contributed by atoms with E-state index in [1.165, 1.54) is 5.56 Å². The van der Waals surface area contributed by atoms with Gasteiger partial charge >= 0.3 is 0 Å². The molecule has 1 aliphatic carbocycles. The molecule has 3 rings (SSSR count). The summed E-state index contributed by atoms with van der Waals surface area (Å²) >= 11 is 0. The summed E-state index contributed by atoms with van der Waals surface area (Å²) in [6.45, 7) is 7.21. The maximum Gasteiger partial charge on any atom is 0.223 e. The zero-order valence-electron chi connectivity index (χ0n) is 20.0. The molecular formula is C26H40N4O2. The highest BCUT2D eigenvalue weighted by atomic mass is 16.5. The molecular weight excluding hydrogens is 400 g/mol. The van der Waals surface area contributed by atoms with Gasteiger partial charge in [-0.25, -0.2) is 0 Å². The van der Waals surface area contributed by atoms with Crippen molar-refractivity contribution in [3.63, 3.8) is 0 Å². The Bertz CT molecular complexity index is 842. The van der Waals surface area contributed by atoms with Crippen LogP contribution < -0.4 is 16.4 Å². The highest BCUT2D eigenvalue weighted by Gasteiger charge is 2.37. The number of rotatable bonds is 14. The quantitative estimate of drug-likeness (QED) is 0.295. The van der Waals surface area contributed by atoms with Crippen molar-refractivity contribution in [1.29, 1.82) is 0 Å². The Morgan fingerprint density at radius 1 is 1.22 bits per heavy atom. The minimum absolute atomic E-state index is 0.0768. The van der Waals surface area contributed by atoms with Gasteiger partial charge in [0.25, 0.3) is 0 Å². The third kappa shape index (κ3) is 7.45. The van der Waals surface area contributed by atoms with E-state index in [0.717, 1.165) is 81.3 Å². The van der Waals surface area contributed by atoms with E-state index < -0.39 is 0 Å². The topological polar surface area (TPSA) is 93.2 Å². The minimum Gasteiger partial charge on any atom is -0.356 e. The first kappa shape index (κ1) is 24.5. The number of unbranched alkanes of at least 4 members (excludes halogenated alkanes) is 1. The molecule has 1 saturated carbocycles. The van der Waals surface area contributed by atoms with Crippen LogP contribution in [-0.4, -0.2) is 29.3 Å². The normalized spacial score (nSPS) is 16.5. The van der Waals surface area contributed by atoms with Crippen LogP contribution in [0.25, 0.3) is 11.3 Å². The number of amides is 1. The van der Waals surface area contributed by atoms with Crippen molar-refractivity contribution in [1.82, 2.24) is 15.8 Å². The van der Waals surface area contributed by atoms with Gasteiger partial charge in [-0.1, -0.05) is 63.0 Å². The first-order chi connectivity index (χ1) is 15.4. The maximum atomic E-state index is 12.5. The molecule has 1 aromatic carbocycles. The van der Waals surface area contributed by atoms with Gasteiger partial charge in [-0.15, -0.1) is 0 Å². The Balaban J connectivity index is 1.47. The molecule has 0 saturated heterocycles. The number of carbonyl (C=O) groups excluding carboxylic acids is 1. The number of hydrogen-bond donors (Lipinski definition) is 3. The summed E-state index contributed by atoms with van der Waals surface area (Å²) in [4.78, 5) is 12.5. The SMILES string of the molecule is CCCC[C@H](C)C(=O)N[C@H](CC)Cc1ccc(-c2cc(CCCNC3(N)CC3)no2)cc1. The van der Waals surface area contributed by atoms with Crippen LogP contribution in [0.15, 0.2) is 34.9 Å². The van der Waals surface area contributed by atoms with E-state index in [9.17, 15) is 4.79 Å². The van der Waals surface area contributed by atoms with Crippen molar-refractivity contribution >= 4 is 5.91 Å². The molecule has 2 aromatic rings. The van der Waals surface area contributed by atoms with E-state index in [4.69, 9.17) is 10.3 Å². The number of hydrogen-bond acceptors (Lipinski definition) is 5. The summed E-state index contributed by atoms with van der Waals surface area (Å²) in [6.07, 6.45) is 8.93. The minimum atomic E-state index is -0.108. The molecule has 0 spiro atoms. The molecule has 0 bridgehead atoms. The number of nitrogens with zero attached hydrogens (tertiary/aromatic N) is 1. The Hall–Kier alpha value is -2.18. The lowest BCUT2D eigenvalue weighted by atomic mass is 9.99. The van der Waals surface area contributed by atoms with Crippen LogP contribution >= 0.6 is 0 Å². The highest BCUT2D eigenvalue weighted by molar-refractivity contribution is 5.78. The average Bonchev–Trinajstić information content (AvgIpc) is 3.34. The highest BCUT2D eigenvalue weighted by Crippen LogP contribution is 2.28. The van der Waals surface area contributed by atoms with Crippen LogP contribution in [0.2, 0.25) is 0 Å². The molecule has 0 radical (unpaired) electrons. The van der Waals surface area contributed by atoms with Crippen molar-refractivity contribution in [2.45, 2.75) is 90.3 Å². The first-order valence-corrected chi connectivity index (χ1v) is 12.3. The molecule has 1 aromatic heterocycles. The largest absolute Gasteiger partial charge is 0.356 e. The molecule has 1 fully saturated rings. The van der Waals surface area contributed by atoms with Gasteiger partial charge in [0.05, 0.1) is 11.4 Å². The van der Waals surface area contributed by atoms with Gasteiger partial charge in [0, 0.05) is 23.6 Å². The van der Waals surface area contributed by atoms with Gasteiger partial charge < -0.3 is 15.6 Å². The third-order valence-corrected chi connectivity index (χ3v) is 6.43. The average molecular weight is 441 g/mol. The van der Waals surface area contributed by atoms with Gasteiger partial charge in [-0.05, 0) is 57.1 Å². The zero-order chi connectivity index (χ0) is 23.0. The summed E-state index contributed by atoms with van der Waals surface area (Å²) < 4.78 is 5.56. The number of nitrogens with one attached hydrogen (secondary N) is 2. The second kappa shape index (κ2) is 11.6. The number of carbonyl (C=O) groups is 1. The molecule has 1 heterocycles. The molecule has 0 unspecified atom stereocenters. The lowest BCUT2D eigenvalue weighted by Gasteiger charge is -2.20. The Labute approximate surface area is 192 Å². The number of aromatic nitrogens is 1. The summed E-state index contributed by atoms with van der Waals surface area (Å²) in [5.41, 5.74) is 9.14. The second-order valence-corrected chi connectivity index (χ2v) is 9.43. The van der Waals surface area contributed by atoms with E-state index in [1.54, 1.807) is 0 Å². The smallest absolute Gasteiger partial charge is 0.223 e. The molecule has 4 N–H and O–H groups in total. The van der Waals surface area contributed by atoms with Crippen LogP contribution in [-0.2, 0) is 17.6 Å². The third-order valence-electron chi connectivity index (χ3n) is 6.43. The van der Waals surface area contributed by atoms with Crippen molar-refractivity contribution in [2.24, 2.45) is 11.7 Å². The predicted octanol–water partition coefficient (Wildman–Crippen LogP) is 4.58. The fourth-order valence-electron chi connectivity index (χ4n) is 3.86. The molecule has 6 nitrogen and oxygen atoms in total. The number of benzene rings is 1. The van der Waals surface area contributed by atoms with Gasteiger partial charge in [0.2, 0.25) is 5.91 Å². The van der Waals surface area contributed by atoms with Crippen molar-refractivity contribution in [2.75, 3.05) is 6.54 Å². The molecule has 0 aliphatic heterocycles. The Morgan fingerprint density at radius 3 is 2.62 bits per heavy atom. The van der Waals surface area contributed by atoms with Crippen LogP contribution in [0.4, 0.5) is 0 Å². The summed E-state index contributed by atoms with van der Waals surface area (Å²) in [5.74, 6) is 1.04. The van der Waals surface area contributed by atoms with Crippen LogP contribution in [0.3, 0.4) is 0 Å². The van der Waals surface area contributed by atoms with E-state index in [1.807, 2.05) is 13.0 Å². The Morgan fingerprint density at radius 2 is 1.97 bits per heavy atom. The summed E-state index contributed by atoms with van der Waals surface area (Å²) in [6, 6.07) is 10.6. The number of aryl methyl sites for hydroxylation is 1. The van der Waals surface area contributed by atoms with E-state index in [-0.39, 0.29) is 23.5 Å². The first-order valence-electron chi connectivity index (χ1n) is 12.3. The molecule has 1 aliphatic rings. The molecule has 1 amide bonds. The lowest BCUT2D eigenvalue weighted by Crippen LogP contribution is -2.40. The van der Waals surface area contributed by atoms with Crippen molar-refractivity contribution in [3.8, 4) is 11.3 Å². The molecule has 6 heteroatoms. The van der Waals surface area contributed by atoms with Crippen LogP contribution in [0.1, 0.15) is 77.0 Å². The molecule has 32 heavy (non-hydrogen) atoms. The Kier molecular flexibility index (Phi) is 8.88. The van der Waals surface area contributed by atoms with Crippen LogP contribution in [0, 0.1) is 5.92 Å². The second-order valence-electron chi connectivity index (χ2n) is 9.43. The van der Waals surface area contributed by atoms with Gasteiger partial charge in [-0.2, -0.15) is 0 Å². The monoisotopic (exact) mass is 440 g/mol. The molecule has 176 valence electrons. The predicted molar refractivity (Wildman–Crippen MR) is 129 cm³/mol. The van der Waals surface area contributed by atoms with Crippen LogP contribution in [0.5, 0.6) is 0 Å². The standard InChI is InChI=1S/C26H40N4O2/c1-4-6-8-19(3)25(31)29-22(5-2)17-20-10-12-21(13-11-20)24-18-23(30-32-24)9-7-16-28-26(27)14-15-26/h10-13,18-19,22,28H,4-9,14-17,27H2,1-3H3,(H,29,31)/t19-,22+/m0/s1. The lowest BCUT2D eigenvalue weighted by molar-refractivity contribution is -0.125. The summed E-state index contributed by atoms with van der Waals surface area (Å²) in [5, 5.41) is 10.8. The number of nitrogens with two attached hydrogens (primary N) is 1. The van der Waals surface area contributed by atoms with Gasteiger partial charge in [-0.3, -0.25) is 10.1 Å². The maximum absolute atomic E-state index is 12.5. The van der Waals surface area contributed by atoms with E-state index in [2.05, 4.69) is 53.9 Å². The van der Waals surface area contributed by atoms with Crippen molar-refractivity contribution < 1.29 is 9.32 Å². The van der Waals surface area contributed by atoms with E-state index >= 15 is 0 Å². The fraction of sp³-hybridized carbons (Fsp3) is 0.615. The van der Waals surface area contributed by atoms with Gasteiger partial charge in [0.1, 0.15) is 0 Å². The summed E-state index contributed by atoms with van der Waals surface area (Å²) in [7, 11) is 0. The molecule has 2 atom stereocenters.